The standard InChI is InChI=1S/C21H32N2O3S/c1-3-17(2)21(24)22-13-15-23(16-14-22)27(25,26)20-11-9-19(10-12-20)18-7-5-4-6-8-18/h9-12,17-18H,3-8,13-16H2,1-2H3. The molecule has 1 aromatic carbocycles. The van der Waals surface area contributed by atoms with Crippen LogP contribution in [0.25, 0.3) is 0 Å². The summed E-state index contributed by atoms with van der Waals surface area (Å²) in [6.45, 7) is 5.62. The highest BCUT2D eigenvalue weighted by Crippen LogP contribution is 2.33. The summed E-state index contributed by atoms with van der Waals surface area (Å²) >= 11 is 0. The van der Waals surface area contributed by atoms with Gasteiger partial charge in [-0.1, -0.05) is 45.2 Å². The molecule has 1 aliphatic heterocycles. The summed E-state index contributed by atoms with van der Waals surface area (Å²) in [5.74, 6) is 0.706. The molecule has 150 valence electrons. The predicted molar refractivity (Wildman–Crippen MR) is 107 cm³/mol. The molecule has 1 saturated heterocycles. The van der Waals surface area contributed by atoms with Gasteiger partial charge in [-0.3, -0.25) is 4.79 Å². The second-order valence-corrected chi connectivity index (χ2v) is 9.88. The van der Waals surface area contributed by atoms with Gasteiger partial charge in [0, 0.05) is 32.1 Å². The van der Waals surface area contributed by atoms with Gasteiger partial charge in [-0.05, 0) is 42.9 Å². The monoisotopic (exact) mass is 392 g/mol. The van der Waals surface area contributed by atoms with Gasteiger partial charge in [0.15, 0.2) is 0 Å². The van der Waals surface area contributed by atoms with E-state index in [1.807, 2.05) is 26.0 Å². The van der Waals surface area contributed by atoms with Crippen LogP contribution in [0.5, 0.6) is 0 Å². The number of carbonyl (C=O) groups excluding carboxylic acids is 1. The van der Waals surface area contributed by atoms with Crippen molar-refractivity contribution >= 4 is 15.9 Å². The van der Waals surface area contributed by atoms with Crippen LogP contribution in [0, 0.1) is 5.92 Å². The Kier molecular flexibility index (Phi) is 6.58. The van der Waals surface area contributed by atoms with Gasteiger partial charge in [-0.2, -0.15) is 4.31 Å². The van der Waals surface area contributed by atoms with Crippen LogP contribution in [0.15, 0.2) is 29.2 Å². The number of benzene rings is 1. The predicted octanol–water partition coefficient (Wildman–Crippen LogP) is 3.61. The molecule has 1 aromatic rings. The number of amides is 1. The van der Waals surface area contributed by atoms with Crippen LogP contribution in [0.4, 0.5) is 0 Å². The van der Waals surface area contributed by atoms with E-state index >= 15 is 0 Å². The molecule has 6 heteroatoms. The summed E-state index contributed by atoms with van der Waals surface area (Å²) < 4.78 is 27.4. The summed E-state index contributed by atoms with van der Waals surface area (Å²) in [5, 5.41) is 0. The molecule has 0 aromatic heterocycles. The number of carbonyl (C=O) groups is 1. The van der Waals surface area contributed by atoms with Crippen LogP contribution in [-0.2, 0) is 14.8 Å². The summed E-state index contributed by atoms with van der Waals surface area (Å²) in [6, 6.07) is 7.50. The van der Waals surface area contributed by atoms with Crippen molar-refractivity contribution in [2.45, 2.75) is 63.2 Å². The van der Waals surface area contributed by atoms with E-state index in [0.29, 0.717) is 37.0 Å². The first kappa shape index (κ1) is 20.3. The molecule has 2 fully saturated rings. The molecule has 0 N–H and O–H groups in total. The number of sulfonamides is 1. The van der Waals surface area contributed by atoms with Gasteiger partial charge in [-0.15, -0.1) is 0 Å². The maximum atomic E-state index is 13.0. The molecule has 1 saturated carbocycles. The van der Waals surface area contributed by atoms with Crippen molar-refractivity contribution in [1.82, 2.24) is 9.21 Å². The van der Waals surface area contributed by atoms with Crippen LogP contribution >= 0.6 is 0 Å². The third kappa shape index (κ3) is 4.54. The minimum Gasteiger partial charge on any atom is -0.340 e. The van der Waals surface area contributed by atoms with Crippen LogP contribution in [0.2, 0.25) is 0 Å². The molecule has 1 atom stereocenters. The first-order valence-corrected chi connectivity index (χ1v) is 11.8. The Hall–Kier alpha value is -1.40. The zero-order chi connectivity index (χ0) is 19.4. The average Bonchev–Trinajstić information content (AvgIpc) is 2.73. The van der Waals surface area contributed by atoms with E-state index in [4.69, 9.17) is 0 Å². The fraction of sp³-hybridized carbons (Fsp3) is 0.667. The molecular weight excluding hydrogens is 360 g/mol. The number of hydrogen-bond acceptors (Lipinski definition) is 3. The second kappa shape index (κ2) is 8.74. The molecule has 1 heterocycles. The minimum absolute atomic E-state index is 0.000453. The Morgan fingerprint density at radius 3 is 2.19 bits per heavy atom. The zero-order valence-electron chi connectivity index (χ0n) is 16.6. The SMILES string of the molecule is CCC(C)C(=O)N1CCN(S(=O)(=O)c2ccc(C3CCCCC3)cc2)CC1. The lowest BCUT2D eigenvalue weighted by atomic mass is 9.84. The number of piperazine rings is 1. The Morgan fingerprint density at radius 2 is 1.63 bits per heavy atom. The highest BCUT2D eigenvalue weighted by molar-refractivity contribution is 7.89. The fourth-order valence-corrected chi connectivity index (χ4v) is 5.55. The molecule has 1 aliphatic carbocycles. The molecule has 1 amide bonds. The summed E-state index contributed by atoms with van der Waals surface area (Å²) in [6.07, 6.45) is 7.07. The molecule has 27 heavy (non-hydrogen) atoms. The maximum absolute atomic E-state index is 13.0. The normalized spacial score (nSPS) is 21.2. The van der Waals surface area contributed by atoms with Gasteiger partial charge < -0.3 is 4.90 Å². The lowest BCUT2D eigenvalue weighted by molar-refractivity contribution is -0.136. The maximum Gasteiger partial charge on any atom is 0.243 e. The lowest BCUT2D eigenvalue weighted by Crippen LogP contribution is -2.51. The van der Waals surface area contributed by atoms with E-state index in [-0.39, 0.29) is 11.8 Å². The highest BCUT2D eigenvalue weighted by atomic mass is 32.2. The largest absolute Gasteiger partial charge is 0.340 e. The first-order valence-electron chi connectivity index (χ1n) is 10.3. The van der Waals surface area contributed by atoms with Crippen molar-refractivity contribution in [3.8, 4) is 0 Å². The van der Waals surface area contributed by atoms with E-state index in [1.54, 1.807) is 17.0 Å². The third-order valence-electron chi connectivity index (χ3n) is 6.18. The van der Waals surface area contributed by atoms with Gasteiger partial charge in [0.2, 0.25) is 15.9 Å². The van der Waals surface area contributed by atoms with Crippen molar-refractivity contribution in [2.75, 3.05) is 26.2 Å². The Bertz CT molecular complexity index is 731. The zero-order valence-corrected chi connectivity index (χ0v) is 17.4. The topological polar surface area (TPSA) is 57.7 Å². The minimum atomic E-state index is -3.49. The van der Waals surface area contributed by atoms with Gasteiger partial charge in [0.25, 0.3) is 0 Å². The molecule has 0 bridgehead atoms. The number of rotatable bonds is 5. The van der Waals surface area contributed by atoms with Crippen molar-refractivity contribution in [3.63, 3.8) is 0 Å². The second-order valence-electron chi connectivity index (χ2n) is 7.94. The number of nitrogens with zero attached hydrogens (tertiary/aromatic N) is 2. The van der Waals surface area contributed by atoms with Crippen molar-refractivity contribution in [2.24, 2.45) is 5.92 Å². The Labute approximate surface area is 163 Å². The molecule has 1 unspecified atom stereocenters. The molecular formula is C21H32N2O3S. The first-order chi connectivity index (χ1) is 12.9. The Balaban J connectivity index is 1.64. The van der Waals surface area contributed by atoms with Gasteiger partial charge in [0.05, 0.1) is 4.90 Å². The van der Waals surface area contributed by atoms with Crippen molar-refractivity contribution < 1.29 is 13.2 Å². The van der Waals surface area contributed by atoms with Crippen molar-refractivity contribution in [3.05, 3.63) is 29.8 Å². The van der Waals surface area contributed by atoms with E-state index in [2.05, 4.69) is 0 Å². The fourth-order valence-electron chi connectivity index (χ4n) is 4.13. The molecule has 0 spiro atoms. The molecule has 2 aliphatic rings. The van der Waals surface area contributed by atoms with Crippen LogP contribution in [0.1, 0.15) is 63.9 Å². The smallest absolute Gasteiger partial charge is 0.243 e. The number of hydrogen-bond donors (Lipinski definition) is 0. The lowest BCUT2D eigenvalue weighted by Gasteiger charge is -2.35. The quantitative estimate of drug-likeness (QED) is 0.769. The highest BCUT2D eigenvalue weighted by Gasteiger charge is 2.31. The summed E-state index contributed by atoms with van der Waals surface area (Å²) in [5.41, 5.74) is 1.26. The summed E-state index contributed by atoms with van der Waals surface area (Å²) in [4.78, 5) is 14.5. The van der Waals surface area contributed by atoms with Gasteiger partial charge in [-0.25, -0.2) is 8.42 Å². The summed E-state index contributed by atoms with van der Waals surface area (Å²) in [7, 11) is -3.49. The van der Waals surface area contributed by atoms with Crippen molar-refractivity contribution in [1.29, 1.82) is 0 Å². The van der Waals surface area contributed by atoms with E-state index in [1.165, 1.54) is 42.0 Å². The van der Waals surface area contributed by atoms with E-state index in [9.17, 15) is 13.2 Å². The van der Waals surface area contributed by atoms with Crippen LogP contribution < -0.4 is 0 Å². The molecule has 0 radical (unpaired) electrons. The van der Waals surface area contributed by atoms with Crippen LogP contribution in [-0.4, -0.2) is 49.7 Å². The van der Waals surface area contributed by atoms with Crippen LogP contribution in [0.3, 0.4) is 0 Å². The average molecular weight is 393 g/mol. The van der Waals surface area contributed by atoms with E-state index < -0.39 is 10.0 Å². The van der Waals surface area contributed by atoms with E-state index in [0.717, 1.165) is 6.42 Å². The molecule has 3 rings (SSSR count). The van der Waals surface area contributed by atoms with Gasteiger partial charge in [0.1, 0.15) is 0 Å². The Morgan fingerprint density at radius 1 is 1.04 bits per heavy atom. The third-order valence-corrected chi connectivity index (χ3v) is 8.09. The molecule has 5 nitrogen and oxygen atoms in total. The van der Waals surface area contributed by atoms with Gasteiger partial charge >= 0.3 is 0 Å².